The zero-order chi connectivity index (χ0) is 16.0. The molecule has 2 aromatic carbocycles. The van der Waals surface area contributed by atoms with Crippen LogP contribution in [0, 0.1) is 20.8 Å². The molecule has 0 fully saturated rings. The van der Waals surface area contributed by atoms with Crippen molar-refractivity contribution in [2.45, 2.75) is 20.8 Å². The highest BCUT2D eigenvalue weighted by atomic mass is 16.3. The van der Waals surface area contributed by atoms with E-state index in [1.807, 2.05) is 22.9 Å². The number of aryl methyl sites for hydroxylation is 3. The van der Waals surface area contributed by atoms with Crippen molar-refractivity contribution >= 4 is 11.1 Å². The maximum Gasteiger partial charge on any atom is 0.181 e. The Kier molecular flexibility index (Phi) is 3.01. The number of nitrogens with zero attached hydrogens (tertiary/aromatic N) is 4. The van der Waals surface area contributed by atoms with E-state index in [4.69, 9.17) is 4.42 Å². The van der Waals surface area contributed by atoms with Crippen LogP contribution in [0.2, 0.25) is 0 Å². The number of hydrogen-bond acceptors (Lipinski definition) is 4. The zero-order valence-corrected chi connectivity index (χ0v) is 13.2. The van der Waals surface area contributed by atoms with Gasteiger partial charge in [0.2, 0.25) is 0 Å². The third kappa shape index (κ3) is 2.21. The topological polar surface area (TPSA) is 56.7 Å². The van der Waals surface area contributed by atoms with E-state index >= 15 is 0 Å². The molecule has 0 amide bonds. The van der Waals surface area contributed by atoms with E-state index < -0.39 is 0 Å². The molecule has 5 nitrogen and oxygen atoms in total. The quantitative estimate of drug-likeness (QED) is 0.561. The SMILES string of the molecule is Cc1cc(C)c(-n2ncnc2-c2ccc3ocnc3c2)c(C)c1. The molecular formula is C18H16N4O. The minimum atomic E-state index is 0.766. The first-order valence-electron chi connectivity index (χ1n) is 7.45. The monoisotopic (exact) mass is 304 g/mol. The number of rotatable bonds is 2. The van der Waals surface area contributed by atoms with Crippen LogP contribution in [0.4, 0.5) is 0 Å². The van der Waals surface area contributed by atoms with Gasteiger partial charge in [-0.25, -0.2) is 14.6 Å². The van der Waals surface area contributed by atoms with E-state index in [9.17, 15) is 0 Å². The van der Waals surface area contributed by atoms with Gasteiger partial charge in [-0.15, -0.1) is 0 Å². The Labute approximate surface area is 133 Å². The van der Waals surface area contributed by atoms with Crippen molar-refractivity contribution in [2.75, 3.05) is 0 Å². The highest BCUT2D eigenvalue weighted by molar-refractivity contribution is 5.78. The standard InChI is InChI=1S/C18H16N4O/c1-11-6-12(2)17(13(3)7-11)22-18(19-9-21-22)14-4-5-16-15(8-14)20-10-23-16/h4-10H,1-3H3. The lowest BCUT2D eigenvalue weighted by atomic mass is 10.0. The average Bonchev–Trinajstić information content (AvgIpc) is 3.13. The molecule has 0 saturated carbocycles. The molecule has 0 saturated heterocycles. The van der Waals surface area contributed by atoms with Gasteiger partial charge < -0.3 is 4.42 Å². The van der Waals surface area contributed by atoms with Crippen LogP contribution >= 0.6 is 0 Å². The molecule has 114 valence electrons. The fourth-order valence-electron chi connectivity index (χ4n) is 3.11. The Morgan fingerprint density at radius 1 is 0.957 bits per heavy atom. The second-order valence-electron chi connectivity index (χ2n) is 5.78. The van der Waals surface area contributed by atoms with Crippen molar-refractivity contribution in [2.24, 2.45) is 0 Å². The molecule has 0 atom stereocenters. The summed E-state index contributed by atoms with van der Waals surface area (Å²) in [5.41, 5.74) is 7.21. The number of hydrogen-bond donors (Lipinski definition) is 0. The maximum atomic E-state index is 5.30. The molecule has 0 aliphatic carbocycles. The summed E-state index contributed by atoms with van der Waals surface area (Å²) in [5, 5.41) is 4.44. The summed E-state index contributed by atoms with van der Waals surface area (Å²) in [5.74, 6) is 0.796. The average molecular weight is 304 g/mol. The van der Waals surface area contributed by atoms with Crippen molar-refractivity contribution in [3.63, 3.8) is 0 Å². The lowest BCUT2D eigenvalue weighted by Gasteiger charge is -2.13. The minimum absolute atomic E-state index is 0.766. The van der Waals surface area contributed by atoms with Gasteiger partial charge in [-0.1, -0.05) is 17.7 Å². The van der Waals surface area contributed by atoms with Gasteiger partial charge in [-0.3, -0.25) is 0 Å². The van der Waals surface area contributed by atoms with Gasteiger partial charge in [-0.2, -0.15) is 5.10 Å². The fourth-order valence-corrected chi connectivity index (χ4v) is 3.11. The van der Waals surface area contributed by atoms with Crippen LogP contribution in [0.5, 0.6) is 0 Å². The molecule has 0 aliphatic rings. The molecule has 2 heterocycles. The Balaban J connectivity index is 1.92. The Hall–Kier alpha value is -2.95. The minimum Gasteiger partial charge on any atom is -0.443 e. The summed E-state index contributed by atoms with van der Waals surface area (Å²) in [7, 11) is 0. The molecule has 5 heteroatoms. The predicted octanol–water partition coefficient (Wildman–Crippen LogP) is 4.00. The molecule has 2 aromatic heterocycles. The molecule has 0 spiro atoms. The predicted molar refractivity (Wildman–Crippen MR) is 88.6 cm³/mol. The molecule has 23 heavy (non-hydrogen) atoms. The van der Waals surface area contributed by atoms with Crippen molar-refractivity contribution in [3.8, 4) is 17.1 Å². The summed E-state index contributed by atoms with van der Waals surface area (Å²) >= 11 is 0. The molecule has 0 bridgehead atoms. The Morgan fingerprint density at radius 3 is 2.52 bits per heavy atom. The van der Waals surface area contributed by atoms with Crippen LogP contribution in [0.3, 0.4) is 0 Å². The number of oxazole rings is 1. The van der Waals surface area contributed by atoms with E-state index in [0.717, 1.165) is 28.2 Å². The van der Waals surface area contributed by atoms with Crippen LogP contribution in [0.15, 0.2) is 47.5 Å². The van der Waals surface area contributed by atoms with Gasteiger partial charge in [0.05, 0.1) is 5.69 Å². The first-order chi connectivity index (χ1) is 11.1. The molecule has 0 aliphatic heterocycles. The van der Waals surface area contributed by atoms with Crippen LogP contribution in [-0.4, -0.2) is 19.7 Å². The lowest BCUT2D eigenvalue weighted by Crippen LogP contribution is -2.05. The summed E-state index contributed by atoms with van der Waals surface area (Å²) in [6.07, 6.45) is 3.04. The Morgan fingerprint density at radius 2 is 1.74 bits per heavy atom. The number of benzene rings is 2. The highest BCUT2D eigenvalue weighted by Crippen LogP contribution is 2.27. The Bertz CT molecular complexity index is 990. The fraction of sp³-hybridized carbons (Fsp3) is 0.167. The van der Waals surface area contributed by atoms with Gasteiger partial charge in [0, 0.05) is 5.56 Å². The maximum absolute atomic E-state index is 5.30. The molecule has 0 N–H and O–H groups in total. The number of fused-ring (bicyclic) bond motifs is 1. The second-order valence-corrected chi connectivity index (χ2v) is 5.78. The van der Waals surface area contributed by atoms with Crippen LogP contribution in [0.1, 0.15) is 16.7 Å². The van der Waals surface area contributed by atoms with Crippen molar-refractivity contribution in [1.82, 2.24) is 19.7 Å². The van der Waals surface area contributed by atoms with Crippen molar-refractivity contribution in [1.29, 1.82) is 0 Å². The third-order valence-corrected chi connectivity index (χ3v) is 3.98. The second kappa shape index (κ2) is 5.05. The van der Waals surface area contributed by atoms with E-state index in [1.54, 1.807) is 6.33 Å². The van der Waals surface area contributed by atoms with E-state index in [0.29, 0.717) is 0 Å². The van der Waals surface area contributed by atoms with Gasteiger partial charge in [-0.05, 0) is 50.1 Å². The lowest BCUT2D eigenvalue weighted by molar-refractivity contribution is 0.602. The zero-order valence-electron chi connectivity index (χ0n) is 13.2. The largest absolute Gasteiger partial charge is 0.443 e. The summed E-state index contributed by atoms with van der Waals surface area (Å²) in [6, 6.07) is 10.2. The highest BCUT2D eigenvalue weighted by Gasteiger charge is 2.14. The number of aromatic nitrogens is 4. The van der Waals surface area contributed by atoms with Crippen molar-refractivity contribution < 1.29 is 4.42 Å². The van der Waals surface area contributed by atoms with Crippen LogP contribution < -0.4 is 0 Å². The smallest absolute Gasteiger partial charge is 0.181 e. The molecule has 4 aromatic rings. The summed E-state index contributed by atoms with van der Waals surface area (Å²) in [4.78, 5) is 8.67. The molecule has 0 unspecified atom stereocenters. The van der Waals surface area contributed by atoms with E-state index in [2.05, 4.69) is 48.0 Å². The first kappa shape index (κ1) is 13.7. The normalized spacial score (nSPS) is 11.3. The van der Waals surface area contributed by atoms with Crippen LogP contribution in [0.25, 0.3) is 28.2 Å². The molecular weight excluding hydrogens is 288 g/mol. The summed E-state index contributed by atoms with van der Waals surface area (Å²) in [6.45, 7) is 6.30. The van der Waals surface area contributed by atoms with Gasteiger partial charge in [0.25, 0.3) is 0 Å². The van der Waals surface area contributed by atoms with Gasteiger partial charge in [0.15, 0.2) is 17.8 Å². The third-order valence-electron chi connectivity index (χ3n) is 3.98. The molecule has 0 radical (unpaired) electrons. The summed E-state index contributed by atoms with van der Waals surface area (Å²) < 4.78 is 7.20. The van der Waals surface area contributed by atoms with E-state index in [1.165, 1.54) is 23.1 Å². The van der Waals surface area contributed by atoms with Crippen molar-refractivity contribution in [3.05, 3.63) is 59.7 Å². The van der Waals surface area contributed by atoms with Gasteiger partial charge >= 0.3 is 0 Å². The van der Waals surface area contributed by atoms with Gasteiger partial charge in [0.1, 0.15) is 11.8 Å². The molecule has 4 rings (SSSR count). The first-order valence-corrected chi connectivity index (χ1v) is 7.45. The van der Waals surface area contributed by atoms with Crippen LogP contribution in [-0.2, 0) is 0 Å². The van der Waals surface area contributed by atoms with E-state index in [-0.39, 0.29) is 0 Å².